The molecular weight excluding hydrogens is 196 g/mol. The van der Waals surface area contributed by atoms with Crippen molar-refractivity contribution < 1.29 is 13.9 Å². The largest absolute Gasteiger partial charge is 0.467 e. The summed E-state index contributed by atoms with van der Waals surface area (Å²) in [6.45, 7) is 2.03. The molecule has 5 nitrogen and oxygen atoms in total. The summed E-state index contributed by atoms with van der Waals surface area (Å²) in [6, 6.07) is 2.74. The van der Waals surface area contributed by atoms with E-state index in [2.05, 4.69) is 5.32 Å². The van der Waals surface area contributed by atoms with Gasteiger partial charge in [-0.3, -0.25) is 4.79 Å². The molecule has 0 aromatic carbocycles. The average Bonchev–Trinajstić information content (AvgIpc) is 2.70. The number of furan rings is 1. The molecule has 2 atom stereocenters. The lowest BCUT2D eigenvalue weighted by atomic mass is 10.2. The Morgan fingerprint density at radius 1 is 1.73 bits per heavy atom. The molecular formula is C10H16N2O3. The van der Waals surface area contributed by atoms with Gasteiger partial charge in [-0.05, 0) is 19.1 Å². The number of hydrogen-bond acceptors (Lipinski definition) is 4. The highest BCUT2D eigenvalue weighted by molar-refractivity contribution is 5.81. The van der Waals surface area contributed by atoms with Crippen LogP contribution in [-0.2, 0) is 9.53 Å². The molecule has 5 heteroatoms. The molecule has 0 saturated carbocycles. The molecule has 0 aliphatic rings. The van der Waals surface area contributed by atoms with Gasteiger partial charge in [0.1, 0.15) is 11.8 Å². The zero-order chi connectivity index (χ0) is 11.3. The smallest absolute Gasteiger partial charge is 0.239 e. The third-order valence-corrected chi connectivity index (χ3v) is 2.01. The number of ether oxygens (including phenoxy) is 1. The van der Waals surface area contributed by atoms with Gasteiger partial charge in [0.2, 0.25) is 5.91 Å². The SMILES string of the molecule is COCC(N)C(=O)NC(C)c1ccco1. The van der Waals surface area contributed by atoms with E-state index in [-0.39, 0.29) is 18.6 Å². The van der Waals surface area contributed by atoms with E-state index in [1.54, 1.807) is 18.4 Å². The summed E-state index contributed by atoms with van der Waals surface area (Å²) in [6.07, 6.45) is 1.56. The fourth-order valence-corrected chi connectivity index (χ4v) is 1.18. The number of nitrogens with two attached hydrogens (primary N) is 1. The van der Waals surface area contributed by atoms with Crippen molar-refractivity contribution in [2.75, 3.05) is 13.7 Å². The predicted molar refractivity (Wildman–Crippen MR) is 55.1 cm³/mol. The Balaban J connectivity index is 2.44. The second kappa shape index (κ2) is 5.53. The van der Waals surface area contributed by atoms with Gasteiger partial charge in [-0.15, -0.1) is 0 Å². The maximum absolute atomic E-state index is 11.5. The van der Waals surface area contributed by atoms with Crippen molar-refractivity contribution >= 4 is 5.91 Å². The Morgan fingerprint density at radius 2 is 2.47 bits per heavy atom. The van der Waals surface area contributed by atoms with Gasteiger partial charge >= 0.3 is 0 Å². The standard InChI is InChI=1S/C10H16N2O3/c1-7(9-4-3-5-15-9)12-10(13)8(11)6-14-2/h3-5,7-8H,6,11H2,1-2H3,(H,12,13). The molecule has 1 rings (SSSR count). The topological polar surface area (TPSA) is 77.5 Å². The van der Waals surface area contributed by atoms with Gasteiger partial charge in [0.25, 0.3) is 0 Å². The van der Waals surface area contributed by atoms with Gasteiger partial charge in [0, 0.05) is 7.11 Å². The Kier molecular flexibility index (Phi) is 4.33. The van der Waals surface area contributed by atoms with E-state index in [4.69, 9.17) is 14.9 Å². The minimum atomic E-state index is -0.646. The van der Waals surface area contributed by atoms with Gasteiger partial charge in [-0.1, -0.05) is 0 Å². The highest BCUT2D eigenvalue weighted by Crippen LogP contribution is 2.11. The molecule has 0 saturated heterocycles. The van der Waals surface area contributed by atoms with Crippen LogP contribution in [0.5, 0.6) is 0 Å². The molecule has 2 unspecified atom stereocenters. The van der Waals surface area contributed by atoms with Crippen LogP contribution in [0.4, 0.5) is 0 Å². The summed E-state index contributed by atoms with van der Waals surface area (Å²) in [5, 5.41) is 2.73. The van der Waals surface area contributed by atoms with Gasteiger partial charge in [-0.2, -0.15) is 0 Å². The zero-order valence-corrected chi connectivity index (χ0v) is 8.90. The summed E-state index contributed by atoms with van der Waals surface area (Å²) in [5.74, 6) is 0.453. The molecule has 1 amide bonds. The van der Waals surface area contributed by atoms with E-state index < -0.39 is 6.04 Å². The lowest BCUT2D eigenvalue weighted by molar-refractivity contribution is -0.124. The third kappa shape index (κ3) is 3.38. The number of carbonyl (C=O) groups excluding carboxylic acids is 1. The minimum absolute atomic E-state index is 0.185. The molecule has 15 heavy (non-hydrogen) atoms. The monoisotopic (exact) mass is 212 g/mol. The van der Waals surface area contributed by atoms with Gasteiger partial charge in [0.05, 0.1) is 18.9 Å². The molecule has 1 heterocycles. The third-order valence-electron chi connectivity index (χ3n) is 2.01. The van der Waals surface area contributed by atoms with Gasteiger partial charge in [0.15, 0.2) is 0 Å². The van der Waals surface area contributed by atoms with E-state index in [0.29, 0.717) is 5.76 Å². The van der Waals surface area contributed by atoms with Crippen molar-refractivity contribution in [2.24, 2.45) is 5.73 Å². The normalized spacial score (nSPS) is 14.6. The second-order valence-electron chi connectivity index (χ2n) is 3.31. The zero-order valence-electron chi connectivity index (χ0n) is 8.90. The van der Waals surface area contributed by atoms with Gasteiger partial charge < -0.3 is 20.2 Å². The van der Waals surface area contributed by atoms with Crippen molar-refractivity contribution in [2.45, 2.75) is 19.0 Å². The average molecular weight is 212 g/mol. The van der Waals surface area contributed by atoms with Crippen LogP contribution in [0, 0.1) is 0 Å². The molecule has 0 aliphatic heterocycles. The van der Waals surface area contributed by atoms with Crippen LogP contribution in [0.3, 0.4) is 0 Å². The number of methoxy groups -OCH3 is 1. The van der Waals surface area contributed by atoms with Crippen LogP contribution in [-0.4, -0.2) is 25.7 Å². The molecule has 0 bridgehead atoms. The first-order valence-corrected chi connectivity index (χ1v) is 4.73. The Bertz CT molecular complexity index is 298. The van der Waals surface area contributed by atoms with Crippen molar-refractivity contribution in [3.8, 4) is 0 Å². The number of rotatable bonds is 5. The lowest BCUT2D eigenvalue weighted by Crippen LogP contribution is -2.44. The first-order valence-electron chi connectivity index (χ1n) is 4.73. The molecule has 0 spiro atoms. The fraction of sp³-hybridized carbons (Fsp3) is 0.500. The van der Waals surface area contributed by atoms with E-state index in [0.717, 1.165) is 0 Å². The maximum Gasteiger partial charge on any atom is 0.239 e. The van der Waals surface area contributed by atoms with Crippen molar-refractivity contribution in [3.63, 3.8) is 0 Å². The highest BCUT2D eigenvalue weighted by Gasteiger charge is 2.17. The number of hydrogen-bond donors (Lipinski definition) is 2. The quantitative estimate of drug-likeness (QED) is 0.742. The molecule has 0 radical (unpaired) electrons. The van der Waals surface area contributed by atoms with Crippen LogP contribution in [0.2, 0.25) is 0 Å². The molecule has 84 valence electrons. The Morgan fingerprint density at radius 3 is 3.00 bits per heavy atom. The van der Waals surface area contributed by atoms with E-state index >= 15 is 0 Å². The predicted octanol–water partition coefficient (Wildman–Crippen LogP) is 0.431. The maximum atomic E-state index is 11.5. The molecule has 1 aromatic heterocycles. The van der Waals surface area contributed by atoms with Crippen LogP contribution < -0.4 is 11.1 Å². The van der Waals surface area contributed by atoms with Crippen LogP contribution in [0.25, 0.3) is 0 Å². The molecule has 3 N–H and O–H groups in total. The van der Waals surface area contributed by atoms with Crippen LogP contribution in [0.15, 0.2) is 22.8 Å². The Hall–Kier alpha value is -1.33. The first kappa shape index (κ1) is 11.7. The molecule has 0 aliphatic carbocycles. The van der Waals surface area contributed by atoms with E-state index in [9.17, 15) is 4.79 Å². The summed E-state index contributed by atoms with van der Waals surface area (Å²) >= 11 is 0. The van der Waals surface area contributed by atoms with Crippen molar-refractivity contribution in [1.29, 1.82) is 0 Å². The van der Waals surface area contributed by atoms with Crippen LogP contribution >= 0.6 is 0 Å². The fourth-order valence-electron chi connectivity index (χ4n) is 1.18. The summed E-state index contributed by atoms with van der Waals surface area (Å²) < 4.78 is 9.94. The van der Waals surface area contributed by atoms with E-state index in [1.165, 1.54) is 7.11 Å². The Labute approximate surface area is 88.6 Å². The highest BCUT2D eigenvalue weighted by atomic mass is 16.5. The molecule has 1 aromatic rings. The lowest BCUT2D eigenvalue weighted by Gasteiger charge is -2.15. The number of carbonyl (C=O) groups is 1. The summed E-state index contributed by atoms with van der Waals surface area (Å²) in [5.41, 5.74) is 5.56. The summed E-state index contributed by atoms with van der Waals surface area (Å²) in [4.78, 5) is 11.5. The molecule has 0 fully saturated rings. The number of nitrogens with one attached hydrogen (secondary N) is 1. The summed E-state index contributed by atoms with van der Waals surface area (Å²) in [7, 11) is 1.50. The van der Waals surface area contributed by atoms with Gasteiger partial charge in [-0.25, -0.2) is 0 Å². The van der Waals surface area contributed by atoms with E-state index in [1.807, 2.05) is 6.92 Å². The van der Waals surface area contributed by atoms with Crippen molar-refractivity contribution in [3.05, 3.63) is 24.2 Å². The van der Waals surface area contributed by atoms with Crippen LogP contribution in [0.1, 0.15) is 18.7 Å². The second-order valence-corrected chi connectivity index (χ2v) is 3.31. The van der Waals surface area contributed by atoms with Crippen molar-refractivity contribution in [1.82, 2.24) is 5.32 Å². The first-order chi connectivity index (χ1) is 7.15. The number of amides is 1. The minimum Gasteiger partial charge on any atom is -0.467 e.